The highest BCUT2D eigenvalue weighted by Gasteiger charge is 2.60. The lowest BCUT2D eigenvalue weighted by atomic mass is 9.90. The second-order valence-corrected chi connectivity index (χ2v) is 20.6. The van der Waals surface area contributed by atoms with E-state index < -0.39 is 75.3 Å². The van der Waals surface area contributed by atoms with Gasteiger partial charge in [0.2, 0.25) is 5.78 Å². The Morgan fingerprint density at radius 2 is 1.19 bits per heavy atom. The highest BCUT2D eigenvalue weighted by Crippen LogP contribution is 2.62. The predicted molar refractivity (Wildman–Crippen MR) is 265 cm³/mol. The van der Waals surface area contributed by atoms with Crippen LogP contribution in [0.5, 0.6) is 5.75 Å². The first-order valence-electron chi connectivity index (χ1n) is 21.5. The fraction of sp³-hybridized carbons (Fsp3) is 0.0755. The third kappa shape index (κ3) is 7.45. The van der Waals surface area contributed by atoms with E-state index in [1.807, 2.05) is 0 Å². The van der Waals surface area contributed by atoms with Gasteiger partial charge in [-0.2, -0.15) is 21.0 Å². The van der Waals surface area contributed by atoms with E-state index in [1.165, 1.54) is 0 Å². The molecule has 8 aromatic rings. The van der Waals surface area contributed by atoms with Crippen LogP contribution in [0.2, 0.25) is 0 Å². The fourth-order valence-electron chi connectivity index (χ4n) is 8.85. The number of Topliss-reactive ketones (excluding diaryl/α,β-unsaturated/α-hetero) is 2. The molecule has 0 amide bonds. The number of hydrogen-bond acceptors (Lipinski definition) is 17. The van der Waals surface area contributed by atoms with Crippen molar-refractivity contribution in [1.82, 2.24) is 0 Å². The summed E-state index contributed by atoms with van der Waals surface area (Å²) in [6.07, 6.45) is 0. The molecule has 0 radical (unpaired) electrons. The number of aliphatic imine (C=N–C) groups is 1. The van der Waals surface area contributed by atoms with Crippen LogP contribution in [0.1, 0.15) is 48.5 Å². The maximum Gasteiger partial charge on any atom is 0.367 e. The fourth-order valence-corrected chi connectivity index (χ4v) is 14.0. The van der Waals surface area contributed by atoms with Gasteiger partial charge >= 0.3 is 17.5 Å². The van der Waals surface area contributed by atoms with Gasteiger partial charge in [0, 0.05) is 32.5 Å². The summed E-state index contributed by atoms with van der Waals surface area (Å²) in [5.41, 5.74) is -4.52. The van der Waals surface area contributed by atoms with E-state index in [2.05, 4.69) is 10.3 Å². The highest BCUT2D eigenvalue weighted by molar-refractivity contribution is 7.36. The van der Waals surface area contributed by atoms with Gasteiger partial charge < -0.3 is 19.5 Å². The molecule has 11 rings (SSSR count). The summed E-state index contributed by atoms with van der Waals surface area (Å²) >= 11 is 4.22. The van der Waals surface area contributed by atoms with Crippen molar-refractivity contribution in [3.05, 3.63) is 170 Å². The lowest BCUT2D eigenvalue weighted by molar-refractivity contribution is -0.183. The van der Waals surface area contributed by atoms with Crippen molar-refractivity contribution >= 4 is 115 Å². The maximum atomic E-state index is 15.2. The number of anilines is 1. The summed E-state index contributed by atoms with van der Waals surface area (Å²) in [6.45, 7) is -0.644. The smallest absolute Gasteiger partial charge is 0.367 e. The Kier molecular flexibility index (Phi) is 11.6. The third-order valence-electron chi connectivity index (χ3n) is 12.2. The minimum atomic E-state index is -2.73. The molecule has 0 spiro atoms. The van der Waals surface area contributed by atoms with Gasteiger partial charge in [-0.15, -0.1) is 45.3 Å². The zero-order valence-corrected chi connectivity index (χ0v) is 40.2. The first-order chi connectivity index (χ1) is 35.8. The first-order valence-corrected chi connectivity index (χ1v) is 24.8. The maximum absolute atomic E-state index is 15.2. The van der Waals surface area contributed by atoms with Crippen molar-refractivity contribution in [2.45, 2.75) is 24.9 Å². The average Bonchev–Trinajstić information content (AvgIpc) is 4.27. The van der Waals surface area contributed by atoms with Gasteiger partial charge in [0.05, 0.1) is 34.4 Å². The molecule has 21 heteroatoms. The van der Waals surface area contributed by atoms with E-state index in [1.54, 1.807) is 97.1 Å². The summed E-state index contributed by atoms with van der Waals surface area (Å²) in [5.74, 6) is -9.25. The van der Waals surface area contributed by atoms with Crippen LogP contribution in [0.3, 0.4) is 0 Å². The second kappa shape index (κ2) is 18.2. The zero-order chi connectivity index (χ0) is 51.7. The van der Waals surface area contributed by atoms with Crippen LogP contribution in [0.4, 0.5) is 27.6 Å². The number of ether oxygens (including phenoxy) is 3. The van der Waals surface area contributed by atoms with Gasteiger partial charge in [0.1, 0.15) is 65.4 Å². The standard InChI is InChI=1S/C53H22F4N6O7S4/c54-31-11-27-29(13-33(31)56)44(64)42(39(27)25(17-58)18-59)62-37-15-35-47(73-37)41-49(71-35)50-46(70-53(41,51(66)68-21-23-7-3-1-4-8-23)52(67)69-22-24-9-5-2-6-10-24)48-36(72-50)16-38(74-48)63-43-40(26(19-60)20-61)28-12-32(55)34(57)14-30(28)45(43)65/h1-16,42,62H,21-22H2. The van der Waals surface area contributed by atoms with Crippen LogP contribution in [0.25, 0.3) is 39.7 Å². The first kappa shape index (κ1) is 47.2. The van der Waals surface area contributed by atoms with Crippen molar-refractivity contribution in [2.75, 3.05) is 5.32 Å². The van der Waals surface area contributed by atoms with Crippen LogP contribution < -0.4 is 10.1 Å². The Morgan fingerprint density at radius 3 is 1.78 bits per heavy atom. The van der Waals surface area contributed by atoms with Crippen molar-refractivity contribution in [3.63, 3.8) is 0 Å². The van der Waals surface area contributed by atoms with Gasteiger partial charge in [-0.3, -0.25) is 9.59 Å². The molecule has 1 unspecified atom stereocenters. The number of rotatable bonds is 9. The molecular formula is C53H22F4N6O7S4. The molecule has 5 heterocycles. The molecule has 0 saturated heterocycles. The number of ketones is 2. The second-order valence-electron chi connectivity index (χ2n) is 16.4. The number of esters is 2. The van der Waals surface area contributed by atoms with E-state index in [0.29, 0.717) is 57.9 Å². The highest BCUT2D eigenvalue weighted by atomic mass is 32.1. The number of allylic oxidation sites excluding steroid dienone is 3. The number of nitrogens with one attached hydrogen (secondary N) is 1. The Bertz CT molecular complexity index is 4040. The van der Waals surface area contributed by atoms with Gasteiger partial charge in [-0.1, -0.05) is 60.7 Å². The summed E-state index contributed by atoms with van der Waals surface area (Å²) in [6, 6.07) is 28.6. The number of thiophene rings is 4. The number of nitriles is 4. The number of fused-ring (bicyclic) bond motifs is 9. The minimum absolute atomic E-state index is 0.0216. The molecule has 3 aliphatic rings. The Morgan fingerprint density at radius 1 is 0.649 bits per heavy atom. The van der Waals surface area contributed by atoms with Crippen LogP contribution in [0, 0.1) is 68.6 Å². The summed E-state index contributed by atoms with van der Waals surface area (Å²) < 4.78 is 78.5. The molecule has 13 nitrogen and oxygen atoms in total. The molecule has 0 bridgehead atoms. The lowest BCUT2D eigenvalue weighted by Gasteiger charge is -2.33. The van der Waals surface area contributed by atoms with Crippen molar-refractivity contribution in [2.24, 2.45) is 4.99 Å². The van der Waals surface area contributed by atoms with Crippen molar-refractivity contribution in [1.29, 1.82) is 21.0 Å². The van der Waals surface area contributed by atoms with E-state index >= 15 is 9.59 Å². The molecule has 0 saturated carbocycles. The molecule has 2 aliphatic carbocycles. The largest absolute Gasteiger partial charge is 0.457 e. The molecule has 74 heavy (non-hydrogen) atoms. The molecule has 1 N–H and O–H groups in total. The lowest BCUT2D eigenvalue weighted by Crippen LogP contribution is -2.52. The number of carbonyl (C=O) groups excluding carboxylic acids is 4. The number of nitrogens with zero attached hydrogens (tertiary/aromatic N) is 5. The third-order valence-corrected chi connectivity index (χ3v) is 16.9. The quantitative estimate of drug-likeness (QED) is 0.0618. The van der Waals surface area contributed by atoms with E-state index in [-0.39, 0.29) is 67.9 Å². The number of benzene rings is 4. The SMILES string of the molecule is N#CC(C#N)=C1C(=Nc2cc3sc4c(c3s2)OC(C(=O)OCc2ccccc2)(C(=O)OCc2ccccc2)c2c-4sc3cc(NC4C(=O)c5cc(F)c(F)cc5C4=C(C#N)C#N)sc23)C(=O)c2cc(F)c(F)cc21. The van der Waals surface area contributed by atoms with Crippen LogP contribution in [-0.4, -0.2) is 35.3 Å². The minimum Gasteiger partial charge on any atom is -0.457 e. The van der Waals surface area contributed by atoms with Gasteiger partial charge in [-0.25, -0.2) is 32.1 Å². The normalized spacial score (nSPS) is 15.3. The van der Waals surface area contributed by atoms with E-state index in [4.69, 9.17) is 14.2 Å². The summed E-state index contributed by atoms with van der Waals surface area (Å²) in [5, 5.41) is 42.9. The number of hydrogen-bond donors (Lipinski definition) is 1. The van der Waals surface area contributed by atoms with E-state index in [0.717, 1.165) is 51.4 Å². The van der Waals surface area contributed by atoms with Crippen LogP contribution >= 0.6 is 45.3 Å². The van der Waals surface area contributed by atoms with Crippen molar-refractivity contribution in [3.8, 4) is 39.8 Å². The summed E-state index contributed by atoms with van der Waals surface area (Å²) in [4.78, 5) is 63.5. The summed E-state index contributed by atoms with van der Waals surface area (Å²) in [7, 11) is 0. The Labute approximate surface area is 429 Å². The van der Waals surface area contributed by atoms with E-state index in [9.17, 15) is 48.2 Å². The van der Waals surface area contributed by atoms with Crippen LogP contribution in [0.15, 0.2) is 113 Å². The van der Waals surface area contributed by atoms with Gasteiger partial charge in [0.15, 0.2) is 34.8 Å². The average molecular weight is 1060 g/mol. The Hall–Kier alpha value is -9.09. The van der Waals surface area contributed by atoms with Gasteiger partial charge in [-0.05, 0) is 53.1 Å². The molecule has 1 atom stereocenters. The topological polar surface area (TPSA) is 216 Å². The monoisotopic (exact) mass is 1060 g/mol. The molecule has 4 aromatic heterocycles. The zero-order valence-electron chi connectivity index (χ0n) is 37.0. The van der Waals surface area contributed by atoms with Gasteiger partial charge in [0.25, 0.3) is 0 Å². The molecule has 4 aromatic carbocycles. The van der Waals surface area contributed by atoms with Crippen LogP contribution in [-0.2, 0) is 37.9 Å². The molecular weight excluding hydrogens is 1040 g/mol. The van der Waals surface area contributed by atoms with Crippen molar-refractivity contribution < 1.29 is 51.0 Å². The number of halogens is 4. The predicted octanol–water partition coefficient (Wildman–Crippen LogP) is 11.8. The Balaban J connectivity index is 1.08. The molecule has 358 valence electrons. The molecule has 0 fully saturated rings. The molecule has 1 aliphatic heterocycles. The number of carbonyl (C=O) groups is 4.